The van der Waals surface area contributed by atoms with Crippen LogP contribution in [-0.4, -0.2) is 5.11 Å². The summed E-state index contributed by atoms with van der Waals surface area (Å²) in [7, 11) is 0. The second-order valence-corrected chi connectivity index (χ2v) is 7.31. The molecule has 3 rings (SSSR count). The molecule has 1 aromatic rings. The van der Waals surface area contributed by atoms with Crippen LogP contribution in [0.25, 0.3) is 0 Å². The van der Waals surface area contributed by atoms with Crippen LogP contribution >= 0.6 is 0 Å². The molecule has 1 heteroatoms. The van der Waals surface area contributed by atoms with E-state index in [0.717, 1.165) is 11.5 Å². The zero-order valence-corrected chi connectivity index (χ0v) is 13.0. The van der Waals surface area contributed by atoms with Crippen LogP contribution in [0, 0.1) is 11.8 Å². The highest BCUT2D eigenvalue weighted by molar-refractivity contribution is 5.36. The Morgan fingerprint density at radius 2 is 1.80 bits per heavy atom. The van der Waals surface area contributed by atoms with Crippen LogP contribution < -0.4 is 0 Å². The van der Waals surface area contributed by atoms with Crippen LogP contribution in [0.1, 0.15) is 69.1 Å². The Labute approximate surface area is 123 Å². The fourth-order valence-electron chi connectivity index (χ4n) is 4.23. The molecule has 1 fully saturated rings. The SMILES string of the molecule is CC1CCCC(C(C)(O)c2ccc3c(c2)CCCC3)C1. The van der Waals surface area contributed by atoms with Crippen molar-refractivity contribution in [2.75, 3.05) is 0 Å². The van der Waals surface area contributed by atoms with Gasteiger partial charge in [-0.05, 0) is 74.0 Å². The summed E-state index contributed by atoms with van der Waals surface area (Å²) in [6.07, 6.45) is 9.99. The molecule has 1 N–H and O–H groups in total. The summed E-state index contributed by atoms with van der Waals surface area (Å²) in [5, 5.41) is 11.1. The fourth-order valence-corrected chi connectivity index (χ4v) is 4.23. The van der Waals surface area contributed by atoms with Gasteiger partial charge in [0.2, 0.25) is 0 Å². The Bertz CT molecular complexity index is 475. The molecule has 0 spiro atoms. The van der Waals surface area contributed by atoms with E-state index < -0.39 is 5.60 Å². The summed E-state index contributed by atoms with van der Waals surface area (Å²) in [5.74, 6) is 1.19. The summed E-state index contributed by atoms with van der Waals surface area (Å²) in [6, 6.07) is 6.75. The summed E-state index contributed by atoms with van der Waals surface area (Å²) in [4.78, 5) is 0. The molecule has 3 unspecified atom stereocenters. The minimum absolute atomic E-state index is 0.424. The van der Waals surface area contributed by atoms with Crippen molar-refractivity contribution in [1.82, 2.24) is 0 Å². The molecule has 2 aliphatic carbocycles. The number of hydrogen-bond donors (Lipinski definition) is 1. The van der Waals surface area contributed by atoms with Crippen molar-refractivity contribution in [3.05, 3.63) is 34.9 Å². The molecule has 2 aliphatic rings. The number of aliphatic hydroxyl groups is 1. The van der Waals surface area contributed by atoms with Gasteiger partial charge in [0.1, 0.15) is 0 Å². The molecule has 0 aromatic heterocycles. The van der Waals surface area contributed by atoms with E-state index in [0.29, 0.717) is 5.92 Å². The highest BCUT2D eigenvalue weighted by Gasteiger charge is 2.36. The van der Waals surface area contributed by atoms with Crippen LogP contribution in [0.2, 0.25) is 0 Å². The van der Waals surface area contributed by atoms with E-state index >= 15 is 0 Å². The number of benzene rings is 1. The summed E-state index contributed by atoms with van der Waals surface area (Å²) < 4.78 is 0. The fraction of sp³-hybridized carbons (Fsp3) is 0.684. The smallest absolute Gasteiger partial charge is 0.0896 e. The average Bonchev–Trinajstić information content (AvgIpc) is 2.46. The number of rotatable bonds is 2. The van der Waals surface area contributed by atoms with E-state index in [1.165, 1.54) is 62.5 Å². The number of fused-ring (bicyclic) bond motifs is 1. The van der Waals surface area contributed by atoms with Crippen molar-refractivity contribution in [3.63, 3.8) is 0 Å². The quantitative estimate of drug-likeness (QED) is 0.834. The van der Waals surface area contributed by atoms with Gasteiger partial charge in [0.15, 0.2) is 0 Å². The second-order valence-electron chi connectivity index (χ2n) is 7.31. The topological polar surface area (TPSA) is 20.2 Å². The summed E-state index contributed by atoms with van der Waals surface area (Å²) >= 11 is 0. The molecule has 0 amide bonds. The second kappa shape index (κ2) is 5.52. The Balaban J connectivity index is 1.86. The van der Waals surface area contributed by atoms with Gasteiger partial charge in [-0.15, -0.1) is 0 Å². The van der Waals surface area contributed by atoms with Gasteiger partial charge in [0, 0.05) is 0 Å². The van der Waals surface area contributed by atoms with Crippen LogP contribution in [0.5, 0.6) is 0 Å². The first-order valence-corrected chi connectivity index (χ1v) is 8.42. The van der Waals surface area contributed by atoms with Gasteiger partial charge in [0.25, 0.3) is 0 Å². The molecule has 1 aromatic carbocycles. The molecular weight excluding hydrogens is 244 g/mol. The molecule has 20 heavy (non-hydrogen) atoms. The lowest BCUT2D eigenvalue weighted by molar-refractivity contribution is -0.0294. The summed E-state index contributed by atoms with van der Waals surface area (Å²) in [6.45, 7) is 4.37. The standard InChI is InChI=1S/C19H28O/c1-14-6-5-9-17(12-14)19(2,20)18-11-10-15-7-3-4-8-16(15)13-18/h10-11,13-14,17,20H,3-9,12H2,1-2H3. The first-order valence-electron chi connectivity index (χ1n) is 8.42. The molecular formula is C19H28O. The number of aryl methyl sites for hydroxylation is 2. The molecule has 1 saturated carbocycles. The lowest BCUT2D eigenvalue weighted by Crippen LogP contribution is -2.35. The van der Waals surface area contributed by atoms with E-state index in [1.807, 2.05) is 6.92 Å². The highest BCUT2D eigenvalue weighted by Crippen LogP contribution is 2.41. The Hall–Kier alpha value is -0.820. The van der Waals surface area contributed by atoms with Crippen molar-refractivity contribution in [2.24, 2.45) is 11.8 Å². The van der Waals surface area contributed by atoms with E-state index in [9.17, 15) is 5.11 Å². The minimum Gasteiger partial charge on any atom is -0.385 e. The van der Waals surface area contributed by atoms with Crippen LogP contribution in [0.15, 0.2) is 18.2 Å². The van der Waals surface area contributed by atoms with Crippen molar-refractivity contribution >= 4 is 0 Å². The van der Waals surface area contributed by atoms with Crippen LogP contribution in [-0.2, 0) is 18.4 Å². The lowest BCUT2D eigenvalue weighted by atomic mass is 9.71. The zero-order chi connectivity index (χ0) is 14.2. The van der Waals surface area contributed by atoms with Crippen molar-refractivity contribution < 1.29 is 5.11 Å². The number of hydrogen-bond acceptors (Lipinski definition) is 1. The largest absolute Gasteiger partial charge is 0.385 e. The zero-order valence-electron chi connectivity index (χ0n) is 13.0. The van der Waals surface area contributed by atoms with E-state index in [1.54, 1.807) is 0 Å². The molecule has 0 saturated heterocycles. The summed E-state index contributed by atoms with van der Waals surface area (Å²) in [5.41, 5.74) is 3.49. The highest BCUT2D eigenvalue weighted by atomic mass is 16.3. The van der Waals surface area contributed by atoms with E-state index in [4.69, 9.17) is 0 Å². The van der Waals surface area contributed by atoms with Crippen molar-refractivity contribution in [1.29, 1.82) is 0 Å². The molecule has 3 atom stereocenters. The van der Waals surface area contributed by atoms with Crippen molar-refractivity contribution in [2.45, 2.75) is 70.8 Å². The normalized spacial score (nSPS) is 29.6. The maximum Gasteiger partial charge on any atom is 0.0896 e. The third kappa shape index (κ3) is 2.65. The monoisotopic (exact) mass is 272 g/mol. The van der Waals surface area contributed by atoms with Gasteiger partial charge in [-0.1, -0.05) is 38.0 Å². The Morgan fingerprint density at radius 1 is 1.05 bits per heavy atom. The van der Waals surface area contributed by atoms with Crippen LogP contribution in [0.3, 0.4) is 0 Å². The van der Waals surface area contributed by atoms with Crippen LogP contribution in [0.4, 0.5) is 0 Å². The Kier molecular flexibility index (Phi) is 3.90. The molecule has 110 valence electrons. The maximum atomic E-state index is 11.1. The first-order chi connectivity index (χ1) is 9.57. The van der Waals surface area contributed by atoms with Gasteiger partial charge in [-0.25, -0.2) is 0 Å². The third-order valence-corrected chi connectivity index (χ3v) is 5.66. The molecule has 0 bridgehead atoms. The first kappa shape index (κ1) is 14.1. The van der Waals surface area contributed by atoms with Gasteiger partial charge in [0.05, 0.1) is 5.60 Å². The predicted molar refractivity (Wildman–Crippen MR) is 83.8 cm³/mol. The van der Waals surface area contributed by atoms with E-state index in [-0.39, 0.29) is 0 Å². The maximum absolute atomic E-state index is 11.1. The van der Waals surface area contributed by atoms with Gasteiger partial charge in [-0.3, -0.25) is 0 Å². The van der Waals surface area contributed by atoms with Gasteiger partial charge < -0.3 is 5.11 Å². The third-order valence-electron chi connectivity index (χ3n) is 5.66. The minimum atomic E-state index is -0.652. The van der Waals surface area contributed by atoms with Crippen molar-refractivity contribution in [3.8, 4) is 0 Å². The average molecular weight is 272 g/mol. The molecule has 0 radical (unpaired) electrons. The van der Waals surface area contributed by atoms with Gasteiger partial charge >= 0.3 is 0 Å². The molecule has 1 nitrogen and oxygen atoms in total. The van der Waals surface area contributed by atoms with E-state index in [2.05, 4.69) is 25.1 Å². The van der Waals surface area contributed by atoms with Gasteiger partial charge in [-0.2, -0.15) is 0 Å². The predicted octanol–water partition coefficient (Wildman–Crippen LogP) is 4.60. The Morgan fingerprint density at radius 3 is 2.55 bits per heavy atom. The molecule has 0 aliphatic heterocycles. The lowest BCUT2D eigenvalue weighted by Gasteiger charge is -2.38. The molecule has 0 heterocycles.